The first-order chi connectivity index (χ1) is 10.5. The molecule has 0 heterocycles. The van der Waals surface area contributed by atoms with E-state index in [2.05, 4.69) is 86.4 Å². The van der Waals surface area contributed by atoms with Gasteiger partial charge in [-0.2, -0.15) is 0 Å². The quantitative estimate of drug-likeness (QED) is 0.355. The van der Waals surface area contributed by atoms with E-state index < -0.39 is 8.32 Å². The van der Waals surface area contributed by atoms with E-state index >= 15 is 0 Å². The summed E-state index contributed by atoms with van der Waals surface area (Å²) in [7, 11) is -1.58. The fourth-order valence-corrected chi connectivity index (χ4v) is 5.24. The van der Waals surface area contributed by atoms with Gasteiger partial charge < -0.3 is 0 Å². The van der Waals surface area contributed by atoms with Gasteiger partial charge in [-0.15, -0.1) is 0 Å². The molecule has 0 aromatic heterocycles. The molecule has 2 aromatic carbocycles. The summed E-state index contributed by atoms with van der Waals surface area (Å²) in [4.78, 5) is 0. The molecule has 0 saturated carbocycles. The van der Waals surface area contributed by atoms with Crippen molar-refractivity contribution in [3.8, 4) is 0 Å². The Balaban J connectivity index is 1.99. The summed E-state index contributed by atoms with van der Waals surface area (Å²) < 4.78 is 9.10. The van der Waals surface area contributed by atoms with E-state index in [1.807, 2.05) is 0 Å². The molecule has 0 fully saturated rings. The van der Waals surface area contributed by atoms with Crippen LogP contribution in [0, 0.1) is 0 Å². The second kappa shape index (κ2) is 8.58. The van der Waals surface area contributed by atoms with Crippen LogP contribution < -0.4 is 3.61 Å². The van der Waals surface area contributed by atoms with Gasteiger partial charge in [-0.05, 0) is 0 Å². The zero-order valence-corrected chi connectivity index (χ0v) is 16.9. The Labute approximate surface area is 145 Å². The van der Waals surface area contributed by atoms with Crippen LogP contribution in [0.3, 0.4) is 0 Å². The molecule has 0 radical (unpaired) electrons. The van der Waals surface area contributed by atoms with Crippen LogP contribution in [0.1, 0.15) is 12.0 Å². The van der Waals surface area contributed by atoms with Gasteiger partial charge in [0, 0.05) is 0 Å². The molecule has 116 valence electrons. The van der Waals surface area contributed by atoms with E-state index in [4.69, 9.17) is 4.43 Å². The molecule has 0 atom stereocenters. The molecule has 0 aliphatic heterocycles. The Morgan fingerprint density at radius 3 is 2.14 bits per heavy atom. The van der Waals surface area contributed by atoms with Crippen LogP contribution in [-0.2, 0) is 4.43 Å². The van der Waals surface area contributed by atoms with Crippen LogP contribution in [0.5, 0.6) is 0 Å². The van der Waals surface area contributed by atoms with Crippen molar-refractivity contribution in [3.05, 3.63) is 72.3 Å². The Hall–Kier alpha value is -1.01. The molecule has 3 heteroatoms. The summed E-state index contributed by atoms with van der Waals surface area (Å²) in [5.74, 6) is 1.07. The van der Waals surface area contributed by atoms with Crippen LogP contribution in [0.4, 0.5) is 0 Å². The van der Waals surface area contributed by atoms with Crippen LogP contribution in [0.2, 0.25) is 24.1 Å². The molecule has 0 bridgehead atoms. The molecule has 0 unspecified atom stereocenters. The molecule has 2 aromatic rings. The van der Waals surface area contributed by atoms with Gasteiger partial charge in [0.15, 0.2) is 0 Å². The number of allylic oxidation sites excluding steroid dienone is 1. The van der Waals surface area contributed by atoms with Gasteiger partial charge in [0.2, 0.25) is 0 Å². The molecule has 0 aliphatic carbocycles. The first-order valence-electron chi connectivity index (χ1n) is 7.67. The third-order valence-electron chi connectivity index (χ3n) is 2.93. The Morgan fingerprint density at radius 1 is 0.955 bits per heavy atom. The molecule has 0 spiro atoms. The fraction of sp³-hybridized carbons (Fsp3) is 0.263. The summed E-state index contributed by atoms with van der Waals surface area (Å²) in [6, 6.07) is 21.4. The van der Waals surface area contributed by atoms with E-state index in [-0.39, 0.29) is 20.9 Å². The molecule has 2 rings (SSSR count). The number of rotatable bonds is 7. The summed E-state index contributed by atoms with van der Waals surface area (Å²) in [5.41, 5.74) is 1.20. The van der Waals surface area contributed by atoms with Crippen LogP contribution >= 0.6 is 0 Å². The summed E-state index contributed by atoms with van der Waals surface area (Å²) in [6.07, 6.45) is 3.40. The molecule has 0 saturated heterocycles. The van der Waals surface area contributed by atoms with Gasteiger partial charge in [-0.3, -0.25) is 0 Å². The van der Waals surface area contributed by atoms with Gasteiger partial charge in [-0.1, -0.05) is 0 Å². The monoisotopic (exact) mass is 426 g/mol. The van der Waals surface area contributed by atoms with Crippen molar-refractivity contribution >= 4 is 38.6 Å². The number of hydrogen-bond donors (Lipinski definition) is 0. The van der Waals surface area contributed by atoms with Crippen LogP contribution in [-0.4, -0.2) is 29.2 Å². The molecule has 0 aliphatic rings. The average Bonchev–Trinajstić information content (AvgIpc) is 2.51. The molecule has 0 N–H and O–H groups in total. The Bertz CT molecular complexity index is 588. The first-order valence-corrected chi connectivity index (χ1v) is 13.9. The average molecular weight is 424 g/mol. The SMILES string of the molecule is C[Si](C)(C)O/C(=C\CC[Te]c1ccccc1)c1ccccc1. The van der Waals surface area contributed by atoms with E-state index in [0.717, 1.165) is 12.2 Å². The van der Waals surface area contributed by atoms with E-state index in [9.17, 15) is 0 Å². The standard InChI is InChI=1S/C19H24OSiTe/c1-21(2,3)20-19(17-11-6-4-7-12-17)15-10-16-22-18-13-8-5-9-14-18/h4-9,11-15H,10,16H2,1-3H3/b19-15-. The molecule has 22 heavy (non-hydrogen) atoms. The minimum atomic E-state index is -1.58. The molecular weight excluding hydrogens is 400 g/mol. The van der Waals surface area contributed by atoms with Crippen molar-refractivity contribution in [2.45, 2.75) is 30.5 Å². The van der Waals surface area contributed by atoms with Crippen molar-refractivity contribution in [1.82, 2.24) is 0 Å². The molecule has 1 nitrogen and oxygen atoms in total. The van der Waals surface area contributed by atoms with Gasteiger partial charge in [0.05, 0.1) is 0 Å². The fourth-order valence-electron chi connectivity index (χ4n) is 2.03. The topological polar surface area (TPSA) is 9.23 Å². The first kappa shape index (κ1) is 17.3. The predicted octanol–water partition coefficient (Wildman–Crippen LogP) is 4.72. The summed E-state index contributed by atoms with van der Waals surface area (Å²) >= 11 is -0.0828. The minimum absolute atomic E-state index is 0.0828. The maximum atomic E-state index is 6.29. The summed E-state index contributed by atoms with van der Waals surface area (Å²) in [6.45, 7) is 6.71. The normalized spacial score (nSPS) is 12.2. The second-order valence-electron chi connectivity index (χ2n) is 6.10. The van der Waals surface area contributed by atoms with Crippen molar-refractivity contribution < 1.29 is 4.43 Å². The van der Waals surface area contributed by atoms with Gasteiger partial charge in [0.25, 0.3) is 0 Å². The van der Waals surface area contributed by atoms with Crippen molar-refractivity contribution in [3.63, 3.8) is 0 Å². The zero-order chi connectivity index (χ0) is 15.8. The summed E-state index contributed by atoms with van der Waals surface area (Å²) in [5, 5.41) is 0. The van der Waals surface area contributed by atoms with Gasteiger partial charge in [0.1, 0.15) is 0 Å². The second-order valence-corrected chi connectivity index (χ2v) is 13.9. The Morgan fingerprint density at radius 2 is 1.55 bits per heavy atom. The van der Waals surface area contributed by atoms with Crippen LogP contribution in [0.15, 0.2) is 66.7 Å². The third kappa shape index (κ3) is 6.40. The predicted molar refractivity (Wildman–Crippen MR) is 100 cm³/mol. The zero-order valence-electron chi connectivity index (χ0n) is 13.6. The van der Waals surface area contributed by atoms with Crippen molar-refractivity contribution in [2.75, 3.05) is 0 Å². The van der Waals surface area contributed by atoms with E-state index in [1.165, 1.54) is 13.6 Å². The van der Waals surface area contributed by atoms with E-state index in [1.54, 1.807) is 0 Å². The van der Waals surface area contributed by atoms with Crippen LogP contribution in [0.25, 0.3) is 5.76 Å². The third-order valence-corrected chi connectivity index (χ3v) is 6.75. The van der Waals surface area contributed by atoms with Gasteiger partial charge in [-0.25, -0.2) is 0 Å². The number of benzene rings is 2. The Kier molecular flexibility index (Phi) is 6.76. The molecule has 0 amide bonds. The number of hydrogen-bond acceptors (Lipinski definition) is 1. The van der Waals surface area contributed by atoms with E-state index in [0.29, 0.717) is 0 Å². The van der Waals surface area contributed by atoms with Crippen molar-refractivity contribution in [2.24, 2.45) is 0 Å². The maximum absolute atomic E-state index is 6.29. The molecular formula is C19H24OSiTe. The van der Waals surface area contributed by atoms with Crippen molar-refractivity contribution in [1.29, 1.82) is 0 Å². The van der Waals surface area contributed by atoms with Gasteiger partial charge >= 0.3 is 146 Å².